The highest BCUT2D eigenvalue weighted by Crippen LogP contribution is 2.25. The molecule has 11 heteroatoms. The van der Waals surface area contributed by atoms with E-state index in [-0.39, 0.29) is 10.6 Å². The van der Waals surface area contributed by atoms with Gasteiger partial charge in [0.1, 0.15) is 12.2 Å². The van der Waals surface area contributed by atoms with Crippen LogP contribution in [0.1, 0.15) is 12.1 Å². The number of sulfonamides is 1. The maximum Gasteiger partial charge on any atom is 0.296 e. The van der Waals surface area contributed by atoms with E-state index in [1.54, 1.807) is 61.1 Å². The average Bonchev–Trinajstić information content (AvgIpc) is 3.10. The summed E-state index contributed by atoms with van der Waals surface area (Å²) in [7, 11) is -0.467. The Morgan fingerprint density at radius 3 is 2.33 bits per heavy atom. The number of nitrogens with zero attached hydrogens (tertiary/aromatic N) is 3. The van der Waals surface area contributed by atoms with Crippen molar-refractivity contribution in [2.24, 2.45) is 7.05 Å². The number of hydrogen-bond donors (Lipinski definition) is 3. The first kappa shape index (κ1) is 25.3. The predicted molar refractivity (Wildman–Crippen MR) is 137 cm³/mol. The molecule has 3 N–H and O–H groups in total. The molecule has 1 aliphatic rings. The van der Waals surface area contributed by atoms with Crippen LogP contribution in [0.4, 0.5) is 5.69 Å². The average molecular weight is 512 g/mol. The molecule has 0 aliphatic carbocycles. The Labute approximate surface area is 210 Å². The summed E-state index contributed by atoms with van der Waals surface area (Å²) in [5, 5.41) is 0. The van der Waals surface area contributed by atoms with Gasteiger partial charge in [-0.1, -0.05) is 36.4 Å². The molecule has 1 atom stereocenters. The van der Waals surface area contributed by atoms with E-state index in [0.29, 0.717) is 11.4 Å². The topological polar surface area (TPSA) is 110 Å². The summed E-state index contributed by atoms with van der Waals surface area (Å²) in [6.07, 6.45) is 2.76. The number of aromatic nitrogens is 2. The minimum atomic E-state index is -4.23. The van der Waals surface area contributed by atoms with Crippen LogP contribution in [-0.2, 0) is 21.9 Å². The maximum atomic E-state index is 13.7. The largest absolute Gasteiger partial charge is 0.334 e. The zero-order chi connectivity index (χ0) is 25.9. The van der Waals surface area contributed by atoms with Crippen molar-refractivity contribution in [3.05, 3.63) is 88.5 Å². The summed E-state index contributed by atoms with van der Waals surface area (Å²) in [6.45, 7) is 2.84. The first-order valence-corrected chi connectivity index (χ1v) is 13.1. The number of anilines is 1. The van der Waals surface area contributed by atoms with Crippen LogP contribution in [0.3, 0.4) is 0 Å². The lowest BCUT2D eigenvalue weighted by atomic mass is 10.2. The number of rotatable bonds is 8. The van der Waals surface area contributed by atoms with Gasteiger partial charge in [0, 0.05) is 19.2 Å². The molecule has 36 heavy (non-hydrogen) atoms. The van der Waals surface area contributed by atoms with Crippen molar-refractivity contribution in [3.63, 3.8) is 0 Å². The van der Waals surface area contributed by atoms with Gasteiger partial charge >= 0.3 is 0 Å². The Morgan fingerprint density at radius 1 is 1.08 bits per heavy atom. The molecular formula is C25H31N6O4S+. The van der Waals surface area contributed by atoms with E-state index in [4.69, 9.17) is 0 Å². The molecule has 2 aromatic carbocycles. The van der Waals surface area contributed by atoms with E-state index in [9.17, 15) is 18.0 Å². The Kier molecular flexibility index (Phi) is 7.32. The summed E-state index contributed by atoms with van der Waals surface area (Å²) in [5.74, 6) is -0.587. The van der Waals surface area contributed by atoms with Crippen LogP contribution in [0.2, 0.25) is 0 Å². The molecule has 2 heterocycles. The molecule has 0 fully saturated rings. The highest BCUT2D eigenvalue weighted by Gasteiger charge is 2.33. The smallest absolute Gasteiger partial charge is 0.296 e. The van der Waals surface area contributed by atoms with Crippen molar-refractivity contribution in [1.82, 2.24) is 20.2 Å². The van der Waals surface area contributed by atoms with Gasteiger partial charge < -0.3 is 10.3 Å². The fourth-order valence-corrected chi connectivity index (χ4v) is 5.62. The van der Waals surface area contributed by atoms with Gasteiger partial charge in [-0.05, 0) is 37.3 Å². The molecule has 0 saturated carbocycles. The number of hydrogen-bond acceptors (Lipinski definition) is 5. The van der Waals surface area contributed by atoms with Gasteiger partial charge in [0.2, 0.25) is 0 Å². The summed E-state index contributed by atoms with van der Waals surface area (Å²) in [6, 6.07) is 16.7. The number of amides is 1. The summed E-state index contributed by atoms with van der Waals surface area (Å²) >= 11 is 0. The molecule has 190 valence electrons. The van der Waals surface area contributed by atoms with Gasteiger partial charge in [0.05, 0.1) is 36.4 Å². The van der Waals surface area contributed by atoms with E-state index < -0.39 is 28.0 Å². The van der Waals surface area contributed by atoms with Crippen molar-refractivity contribution in [2.45, 2.75) is 18.2 Å². The lowest BCUT2D eigenvalue weighted by Gasteiger charge is -2.24. The van der Waals surface area contributed by atoms with Gasteiger partial charge in [0.25, 0.3) is 21.5 Å². The first-order valence-electron chi connectivity index (χ1n) is 11.7. The number of quaternary nitrogens is 1. The molecule has 3 aromatic rings. The number of likely N-dealkylation sites (N-methyl/N-ethyl adjacent to an activating group) is 1. The van der Waals surface area contributed by atoms with Gasteiger partial charge in [-0.15, -0.1) is 0 Å². The number of carbonyl (C=O) groups is 1. The number of nitrogens with one attached hydrogen (secondary N) is 3. The third kappa shape index (κ3) is 5.07. The fraction of sp³-hybridized carbons (Fsp3) is 0.280. The van der Waals surface area contributed by atoms with Crippen LogP contribution in [0.25, 0.3) is 5.69 Å². The van der Waals surface area contributed by atoms with E-state index >= 15 is 0 Å². The third-order valence-corrected chi connectivity index (χ3v) is 8.03. The summed E-state index contributed by atoms with van der Waals surface area (Å²) in [4.78, 5) is 27.9. The number of hydrazine groups is 1. The Balaban J connectivity index is 1.72. The van der Waals surface area contributed by atoms with Crippen molar-refractivity contribution in [3.8, 4) is 5.69 Å². The SMILES string of the molecule is Cc1c(N(CC(=O)NNC2=CC[NH+](C)CC2)S(=O)(=O)c2ccccc2)c(=O)n(-c2ccccc2)n1C. The molecule has 0 radical (unpaired) electrons. The molecule has 0 bridgehead atoms. The number of carbonyl (C=O) groups excluding carboxylic acids is 1. The Morgan fingerprint density at radius 2 is 1.72 bits per heavy atom. The van der Waals surface area contributed by atoms with Gasteiger partial charge in [0.15, 0.2) is 0 Å². The Bertz CT molecular complexity index is 1430. The van der Waals surface area contributed by atoms with E-state index in [1.807, 2.05) is 12.1 Å². The zero-order valence-electron chi connectivity index (χ0n) is 20.6. The van der Waals surface area contributed by atoms with E-state index in [1.165, 1.54) is 21.7 Å². The van der Waals surface area contributed by atoms with Crippen molar-refractivity contribution in [1.29, 1.82) is 0 Å². The van der Waals surface area contributed by atoms with Crippen LogP contribution in [0, 0.1) is 6.92 Å². The van der Waals surface area contributed by atoms with Gasteiger partial charge in [-0.2, -0.15) is 0 Å². The van der Waals surface area contributed by atoms with Gasteiger partial charge in [-0.25, -0.2) is 17.4 Å². The van der Waals surface area contributed by atoms with Crippen LogP contribution in [0.15, 0.2) is 82.1 Å². The minimum Gasteiger partial charge on any atom is -0.334 e. The van der Waals surface area contributed by atoms with Gasteiger partial charge in [-0.3, -0.25) is 19.7 Å². The molecule has 4 rings (SSSR count). The van der Waals surface area contributed by atoms with Crippen LogP contribution < -0.4 is 25.6 Å². The minimum absolute atomic E-state index is 0.0133. The second-order valence-electron chi connectivity index (χ2n) is 8.80. The lowest BCUT2D eigenvalue weighted by molar-refractivity contribution is -0.875. The number of para-hydroxylation sites is 1. The first-order chi connectivity index (χ1) is 17.2. The van der Waals surface area contributed by atoms with Crippen LogP contribution >= 0.6 is 0 Å². The maximum absolute atomic E-state index is 13.7. The van der Waals surface area contributed by atoms with Crippen LogP contribution in [0.5, 0.6) is 0 Å². The molecular weight excluding hydrogens is 480 g/mol. The third-order valence-electron chi connectivity index (χ3n) is 6.27. The zero-order valence-corrected chi connectivity index (χ0v) is 21.4. The molecule has 0 spiro atoms. The van der Waals surface area contributed by atoms with E-state index in [2.05, 4.69) is 17.9 Å². The lowest BCUT2D eigenvalue weighted by Crippen LogP contribution is -3.09. The second kappa shape index (κ2) is 10.4. The highest BCUT2D eigenvalue weighted by molar-refractivity contribution is 7.92. The molecule has 1 aliphatic heterocycles. The quantitative estimate of drug-likeness (QED) is 0.372. The summed E-state index contributed by atoms with van der Waals surface area (Å²) < 4.78 is 31.3. The molecule has 1 amide bonds. The van der Waals surface area contributed by atoms with Crippen molar-refractivity contribution < 1.29 is 18.1 Å². The molecule has 1 unspecified atom stereocenters. The highest BCUT2D eigenvalue weighted by atomic mass is 32.2. The summed E-state index contributed by atoms with van der Waals surface area (Å²) in [5.41, 5.74) is 6.73. The predicted octanol–water partition coefficient (Wildman–Crippen LogP) is 0.103. The Hall–Kier alpha value is -3.83. The molecule has 0 saturated heterocycles. The standard InChI is InChI=1S/C25H30N6O4S/c1-19-24(25(33)31(29(19)3)21-10-6-4-7-11-21)30(36(34,35)22-12-8-5-9-13-22)18-23(32)27-26-20-14-16-28(2)17-15-20/h4-14,26H,15-18H2,1-3H3,(H,27,32)/p+1. The van der Waals surface area contributed by atoms with E-state index in [0.717, 1.165) is 29.5 Å². The molecule has 10 nitrogen and oxygen atoms in total. The molecule has 1 aromatic heterocycles. The van der Waals surface area contributed by atoms with Crippen LogP contribution in [-0.4, -0.2) is 50.4 Å². The van der Waals surface area contributed by atoms with Crippen molar-refractivity contribution in [2.75, 3.05) is 31.0 Å². The fourth-order valence-electron chi connectivity index (χ4n) is 4.13. The number of benzene rings is 2. The second-order valence-corrected chi connectivity index (χ2v) is 10.7. The monoisotopic (exact) mass is 511 g/mol. The normalized spacial score (nSPS) is 15.8. The van der Waals surface area contributed by atoms with Crippen molar-refractivity contribution >= 4 is 21.6 Å².